The number of hydrogen-bond acceptors (Lipinski definition) is 7. The van der Waals surface area contributed by atoms with E-state index in [9.17, 15) is 5.21 Å². The Bertz CT molecular complexity index is 691. The van der Waals surface area contributed by atoms with E-state index < -0.39 is 0 Å². The van der Waals surface area contributed by atoms with Gasteiger partial charge in [-0.15, -0.1) is 0 Å². The average molecular weight is 306 g/mol. The minimum absolute atomic E-state index is 0.119. The number of aliphatic hydroxyl groups excluding tert-OH is 1. The van der Waals surface area contributed by atoms with Crippen molar-refractivity contribution in [1.29, 1.82) is 0 Å². The van der Waals surface area contributed by atoms with Crippen LogP contribution in [0.1, 0.15) is 11.4 Å². The summed E-state index contributed by atoms with van der Waals surface area (Å²) < 4.78 is 21.0. The number of hydrogen-bond donors (Lipinski definition) is 1. The molecule has 116 valence electrons. The van der Waals surface area contributed by atoms with Crippen molar-refractivity contribution in [3.63, 3.8) is 0 Å². The van der Waals surface area contributed by atoms with Crippen molar-refractivity contribution >= 4 is 0 Å². The SMILES string of the molecule is Cc1c2c(cc[n+]1[O-])OCO2.OCc1nccc2c1OCO2. The molecule has 0 aliphatic carbocycles. The molecular weight excluding hydrogens is 292 g/mol. The lowest BCUT2D eigenvalue weighted by atomic mass is 10.3. The summed E-state index contributed by atoms with van der Waals surface area (Å²) >= 11 is 0. The first kappa shape index (κ1) is 14.2. The van der Waals surface area contributed by atoms with Crippen molar-refractivity contribution in [2.75, 3.05) is 13.6 Å². The van der Waals surface area contributed by atoms with Gasteiger partial charge in [-0.3, -0.25) is 4.98 Å². The van der Waals surface area contributed by atoms with Gasteiger partial charge in [0.1, 0.15) is 5.69 Å². The largest absolute Gasteiger partial charge is 0.618 e. The highest BCUT2D eigenvalue weighted by atomic mass is 16.7. The molecule has 22 heavy (non-hydrogen) atoms. The van der Waals surface area contributed by atoms with Crippen molar-refractivity contribution in [3.05, 3.63) is 41.1 Å². The molecule has 2 aliphatic heterocycles. The van der Waals surface area contributed by atoms with Crippen LogP contribution in [0.5, 0.6) is 23.0 Å². The minimum atomic E-state index is -0.119. The highest BCUT2D eigenvalue weighted by molar-refractivity contribution is 5.44. The normalized spacial score (nSPS) is 13.5. The first-order valence-electron chi connectivity index (χ1n) is 6.53. The zero-order valence-corrected chi connectivity index (χ0v) is 11.8. The van der Waals surface area contributed by atoms with Crippen molar-refractivity contribution < 1.29 is 28.8 Å². The van der Waals surface area contributed by atoms with Crippen LogP contribution >= 0.6 is 0 Å². The average Bonchev–Trinajstić information content (AvgIpc) is 3.20. The molecule has 2 aromatic heterocycles. The van der Waals surface area contributed by atoms with Gasteiger partial charge in [0.15, 0.2) is 23.4 Å². The summed E-state index contributed by atoms with van der Waals surface area (Å²) in [5.41, 5.74) is 1.07. The van der Waals surface area contributed by atoms with E-state index in [1.54, 1.807) is 25.3 Å². The molecule has 1 N–H and O–H groups in total. The molecule has 0 spiro atoms. The predicted molar refractivity (Wildman–Crippen MR) is 72.5 cm³/mol. The second-order valence-corrected chi connectivity index (χ2v) is 4.48. The van der Waals surface area contributed by atoms with Gasteiger partial charge in [0.05, 0.1) is 6.61 Å². The van der Waals surface area contributed by atoms with Crippen molar-refractivity contribution in [3.8, 4) is 23.0 Å². The number of ether oxygens (including phenoxy) is 4. The number of rotatable bonds is 1. The molecule has 0 amide bonds. The Morgan fingerprint density at radius 2 is 1.82 bits per heavy atom. The second-order valence-electron chi connectivity index (χ2n) is 4.48. The highest BCUT2D eigenvalue weighted by Crippen LogP contribution is 2.33. The Morgan fingerprint density at radius 3 is 2.55 bits per heavy atom. The predicted octanol–water partition coefficient (Wildman–Crippen LogP) is 0.660. The summed E-state index contributed by atoms with van der Waals surface area (Å²) in [7, 11) is 0. The lowest BCUT2D eigenvalue weighted by Gasteiger charge is -2.01. The number of nitrogens with zero attached hydrogens (tertiary/aromatic N) is 2. The molecule has 0 fully saturated rings. The van der Waals surface area contributed by atoms with Gasteiger partial charge in [0, 0.05) is 25.3 Å². The summed E-state index contributed by atoms with van der Waals surface area (Å²) in [4.78, 5) is 3.91. The number of aliphatic hydroxyl groups is 1. The molecule has 0 aromatic carbocycles. The molecule has 0 radical (unpaired) electrons. The molecule has 2 aliphatic rings. The van der Waals surface area contributed by atoms with Crippen molar-refractivity contribution in [1.82, 2.24) is 4.98 Å². The maximum atomic E-state index is 11.0. The molecule has 2 aromatic rings. The smallest absolute Gasteiger partial charge is 0.235 e. The van der Waals surface area contributed by atoms with Crippen LogP contribution in [0.4, 0.5) is 0 Å². The Morgan fingerprint density at radius 1 is 1.14 bits per heavy atom. The van der Waals surface area contributed by atoms with Gasteiger partial charge in [-0.2, -0.15) is 4.73 Å². The molecule has 0 saturated carbocycles. The van der Waals surface area contributed by atoms with E-state index in [1.807, 2.05) is 0 Å². The van der Waals surface area contributed by atoms with E-state index in [2.05, 4.69) is 4.98 Å². The van der Waals surface area contributed by atoms with Crippen LogP contribution in [-0.2, 0) is 6.61 Å². The van der Waals surface area contributed by atoms with Crippen molar-refractivity contribution in [2.24, 2.45) is 0 Å². The van der Waals surface area contributed by atoms with Gasteiger partial charge >= 0.3 is 0 Å². The van der Waals surface area contributed by atoms with E-state index in [-0.39, 0.29) is 20.2 Å². The van der Waals surface area contributed by atoms with Crippen LogP contribution in [0.15, 0.2) is 24.5 Å². The summed E-state index contributed by atoms with van der Waals surface area (Å²) in [6.45, 7) is 2.00. The number of pyridine rings is 2. The minimum Gasteiger partial charge on any atom is -0.618 e. The van der Waals surface area contributed by atoms with E-state index in [4.69, 9.17) is 24.1 Å². The fraction of sp³-hybridized carbons (Fsp3) is 0.286. The molecular formula is C14H14N2O6. The number of fused-ring (bicyclic) bond motifs is 2. The van der Waals surface area contributed by atoms with Gasteiger partial charge < -0.3 is 29.3 Å². The van der Waals surface area contributed by atoms with E-state index >= 15 is 0 Å². The van der Waals surface area contributed by atoms with Crippen LogP contribution < -0.4 is 23.7 Å². The van der Waals surface area contributed by atoms with Crippen LogP contribution in [0, 0.1) is 12.1 Å². The fourth-order valence-corrected chi connectivity index (χ4v) is 2.05. The van der Waals surface area contributed by atoms with Crippen LogP contribution in [0.2, 0.25) is 0 Å². The standard InChI is InChI=1S/2C7H7NO3/c1-5-7-6(10-4-11-7)2-3-8(5)9;9-3-5-7-6(1-2-8-5)10-4-11-7/h2-3H,4H2,1H3;1-2,9H,3-4H2. The zero-order valence-electron chi connectivity index (χ0n) is 11.8. The van der Waals surface area contributed by atoms with E-state index in [0.717, 1.165) is 4.73 Å². The lowest BCUT2D eigenvalue weighted by molar-refractivity contribution is -0.612. The summed E-state index contributed by atoms with van der Waals surface area (Å²) in [5.74, 6) is 2.43. The highest BCUT2D eigenvalue weighted by Gasteiger charge is 2.21. The second kappa shape index (κ2) is 5.94. The molecule has 0 saturated heterocycles. The fourth-order valence-electron chi connectivity index (χ4n) is 2.05. The Kier molecular flexibility index (Phi) is 3.84. The van der Waals surface area contributed by atoms with Gasteiger partial charge in [-0.1, -0.05) is 0 Å². The van der Waals surface area contributed by atoms with Crippen molar-refractivity contribution in [2.45, 2.75) is 13.5 Å². The van der Waals surface area contributed by atoms with Crippen LogP contribution in [-0.4, -0.2) is 23.7 Å². The molecule has 4 rings (SSSR count). The van der Waals surface area contributed by atoms with E-state index in [0.29, 0.717) is 34.4 Å². The Hall–Kier alpha value is -2.74. The monoisotopic (exact) mass is 306 g/mol. The Balaban J connectivity index is 0.000000131. The zero-order chi connectivity index (χ0) is 15.5. The maximum absolute atomic E-state index is 11.0. The lowest BCUT2D eigenvalue weighted by Crippen LogP contribution is -2.28. The number of aromatic nitrogens is 2. The third-order valence-corrected chi connectivity index (χ3v) is 3.17. The van der Waals surface area contributed by atoms with E-state index in [1.165, 1.54) is 6.20 Å². The van der Waals surface area contributed by atoms with Crippen LogP contribution in [0.3, 0.4) is 0 Å². The molecule has 4 heterocycles. The summed E-state index contributed by atoms with van der Waals surface area (Å²) in [5, 5.41) is 19.8. The molecule has 0 atom stereocenters. The quantitative estimate of drug-likeness (QED) is 0.610. The Labute approximate surface area is 126 Å². The topological polar surface area (TPSA) is 97.0 Å². The third kappa shape index (κ3) is 2.56. The van der Waals surface area contributed by atoms with Gasteiger partial charge in [0.2, 0.25) is 25.0 Å². The summed E-state index contributed by atoms with van der Waals surface area (Å²) in [6, 6.07) is 3.31. The molecule has 8 nitrogen and oxygen atoms in total. The first-order valence-corrected chi connectivity index (χ1v) is 6.53. The van der Waals surface area contributed by atoms with Gasteiger partial charge in [-0.25, -0.2) is 0 Å². The maximum Gasteiger partial charge on any atom is 0.235 e. The summed E-state index contributed by atoms with van der Waals surface area (Å²) in [6.07, 6.45) is 2.99. The van der Waals surface area contributed by atoms with Crippen LogP contribution in [0.25, 0.3) is 0 Å². The van der Waals surface area contributed by atoms with Gasteiger partial charge in [0.25, 0.3) is 0 Å². The molecule has 0 bridgehead atoms. The third-order valence-electron chi connectivity index (χ3n) is 3.17. The van der Waals surface area contributed by atoms with Gasteiger partial charge in [-0.05, 0) is 0 Å². The first-order chi connectivity index (χ1) is 10.7. The molecule has 0 unspecified atom stereocenters. The molecule has 8 heteroatoms.